The number of rotatable bonds is 8. The van der Waals surface area contributed by atoms with E-state index in [2.05, 4.69) is 45.8 Å². The zero-order chi connectivity index (χ0) is 19.1. The number of likely N-dealkylation sites (tertiary alicyclic amines) is 1. The van der Waals surface area contributed by atoms with E-state index in [1.54, 1.807) is 6.20 Å². The van der Waals surface area contributed by atoms with E-state index in [4.69, 9.17) is 0 Å². The van der Waals surface area contributed by atoms with Gasteiger partial charge in [0, 0.05) is 6.07 Å². The average molecular weight is 442 g/mol. The van der Waals surface area contributed by atoms with Gasteiger partial charge >= 0.3 is 0 Å². The van der Waals surface area contributed by atoms with Crippen LogP contribution in [0.1, 0.15) is 30.4 Å². The summed E-state index contributed by atoms with van der Waals surface area (Å²) in [6.45, 7) is 6.28. The van der Waals surface area contributed by atoms with Gasteiger partial charge < -0.3 is 10.6 Å². The number of piperidine rings is 1. The molecule has 2 heterocycles. The summed E-state index contributed by atoms with van der Waals surface area (Å²) in [7, 11) is 2.00. The molecule has 1 aliphatic heterocycles. The van der Waals surface area contributed by atoms with Gasteiger partial charge in [0.2, 0.25) is 5.91 Å². The van der Waals surface area contributed by atoms with Gasteiger partial charge in [0.25, 0.3) is 0 Å². The van der Waals surface area contributed by atoms with E-state index in [1.165, 1.54) is 30.4 Å². The van der Waals surface area contributed by atoms with Crippen LogP contribution in [0.3, 0.4) is 0 Å². The van der Waals surface area contributed by atoms with Gasteiger partial charge in [-0.3, -0.25) is 9.69 Å². The van der Waals surface area contributed by atoms with Crippen molar-refractivity contribution >= 4 is 36.5 Å². The standard InChI is InChI=1S/C21H31N5O.2ClH/c1-17-4-3-5-19(14-17)15-26-20(7-11-23-26)24-21(27)16-25-12-8-18(9-13-25)6-10-22-2;;/h3-5,7,11,14,18,22H,6,8-10,12-13,15-16H2,1-2H3,(H,24,27);2*1H. The molecular formula is C21H33Cl2N5O. The van der Waals surface area contributed by atoms with Gasteiger partial charge in [-0.25, -0.2) is 4.68 Å². The molecule has 1 fully saturated rings. The molecule has 0 radical (unpaired) electrons. The predicted octanol–water partition coefficient (Wildman–Crippen LogP) is 3.34. The molecule has 0 spiro atoms. The van der Waals surface area contributed by atoms with Crippen LogP contribution in [-0.2, 0) is 11.3 Å². The minimum Gasteiger partial charge on any atom is -0.320 e. The summed E-state index contributed by atoms with van der Waals surface area (Å²) >= 11 is 0. The van der Waals surface area contributed by atoms with Crippen molar-refractivity contribution in [1.29, 1.82) is 0 Å². The Hall–Kier alpha value is -1.60. The van der Waals surface area contributed by atoms with E-state index in [-0.39, 0.29) is 30.7 Å². The maximum absolute atomic E-state index is 12.5. The molecule has 0 saturated carbocycles. The number of carbonyl (C=O) groups is 1. The first kappa shape index (κ1) is 25.4. The Morgan fingerprint density at radius 1 is 1.21 bits per heavy atom. The smallest absolute Gasteiger partial charge is 0.239 e. The quantitative estimate of drug-likeness (QED) is 0.659. The molecule has 2 aromatic rings. The fraction of sp³-hybridized carbons (Fsp3) is 0.524. The van der Waals surface area contributed by atoms with Gasteiger partial charge in [0.05, 0.1) is 19.3 Å². The minimum atomic E-state index is 0. The first-order chi connectivity index (χ1) is 13.1. The Labute approximate surface area is 186 Å². The number of aromatic nitrogens is 2. The van der Waals surface area contributed by atoms with Crippen LogP contribution in [0.2, 0.25) is 0 Å². The van der Waals surface area contributed by atoms with E-state index in [1.807, 2.05) is 23.9 Å². The molecule has 1 saturated heterocycles. The van der Waals surface area contributed by atoms with Crippen molar-refractivity contribution in [3.63, 3.8) is 0 Å². The summed E-state index contributed by atoms with van der Waals surface area (Å²) in [5.74, 6) is 1.58. The number of nitrogens with zero attached hydrogens (tertiary/aromatic N) is 3. The van der Waals surface area contributed by atoms with Crippen molar-refractivity contribution in [3.05, 3.63) is 47.7 Å². The van der Waals surface area contributed by atoms with Crippen LogP contribution in [0.5, 0.6) is 0 Å². The van der Waals surface area contributed by atoms with Crippen molar-refractivity contribution < 1.29 is 4.79 Å². The molecule has 1 aromatic heterocycles. The third-order valence-electron chi connectivity index (χ3n) is 5.28. The molecule has 1 amide bonds. The van der Waals surface area contributed by atoms with E-state index in [0.29, 0.717) is 13.1 Å². The molecule has 2 N–H and O–H groups in total. The molecule has 0 unspecified atom stereocenters. The van der Waals surface area contributed by atoms with Crippen LogP contribution in [0, 0.1) is 12.8 Å². The van der Waals surface area contributed by atoms with Gasteiger partial charge in [-0.1, -0.05) is 29.8 Å². The van der Waals surface area contributed by atoms with E-state index in [9.17, 15) is 4.79 Å². The monoisotopic (exact) mass is 441 g/mol. The molecule has 3 rings (SSSR count). The third-order valence-corrected chi connectivity index (χ3v) is 5.28. The van der Waals surface area contributed by atoms with Crippen LogP contribution in [-0.4, -0.2) is 53.8 Å². The number of nitrogens with one attached hydrogen (secondary N) is 2. The Bertz CT molecular complexity index is 744. The molecule has 162 valence electrons. The average Bonchev–Trinajstić information content (AvgIpc) is 3.07. The van der Waals surface area contributed by atoms with Gasteiger partial charge in [-0.05, 0) is 64.3 Å². The molecule has 0 bridgehead atoms. The van der Waals surface area contributed by atoms with Crippen molar-refractivity contribution in [2.24, 2.45) is 5.92 Å². The number of halogens is 2. The first-order valence-corrected chi connectivity index (χ1v) is 9.88. The van der Waals surface area contributed by atoms with Crippen molar-refractivity contribution in [2.75, 3.05) is 38.5 Å². The highest BCUT2D eigenvalue weighted by Crippen LogP contribution is 2.20. The van der Waals surface area contributed by atoms with E-state index >= 15 is 0 Å². The van der Waals surface area contributed by atoms with Gasteiger partial charge in [-0.2, -0.15) is 5.10 Å². The summed E-state index contributed by atoms with van der Waals surface area (Å²) < 4.78 is 1.84. The highest BCUT2D eigenvalue weighted by Gasteiger charge is 2.20. The third kappa shape index (κ3) is 7.97. The van der Waals surface area contributed by atoms with Gasteiger partial charge in [-0.15, -0.1) is 24.8 Å². The molecule has 1 aliphatic rings. The number of hydrogen-bond donors (Lipinski definition) is 2. The second kappa shape index (κ2) is 12.9. The number of hydrogen-bond acceptors (Lipinski definition) is 4. The second-order valence-corrected chi connectivity index (χ2v) is 7.52. The molecule has 1 aromatic carbocycles. The molecule has 0 aliphatic carbocycles. The lowest BCUT2D eigenvalue weighted by Crippen LogP contribution is -2.39. The number of aryl methyl sites for hydroxylation is 1. The summed E-state index contributed by atoms with van der Waals surface area (Å²) in [5.41, 5.74) is 2.40. The maximum Gasteiger partial charge on any atom is 0.239 e. The Morgan fingerprint density at radius 2 is 1.97 bits per heavy atom. The molecule has 29 heavy (non-hydrogen) atoms. The molecule has 8 heteroatoms. The predicted molar refractivity (Wildman–Crippen MR) is 123 cm³/mol. The fourth-order valence-electron chi connectivity index (χ4n) is 3.72. The zero-order valence-electron chi connectivity index (χ0n) is 17.3. The molecular weight excluding hydrogens is 409 g/mol. The Balaban J connectivity index is 0.00000210. The number of amides is 1. The number of benzene rings is 1. The number of anilines is 1. The fourth-order valence-corrected chi connectivity index (χ4v) is 3.72. The zero-order valence-corrected chi connectivity index (χ0v) is 18.9. The van der Waals surface area contributed by atoms with E-state index in [0.717, 1.165) is 31.4 Å². The Kier molecular flexibility index (Phi) is 11.3. The lowest BCUT2D eigenvalue weighted by Gasteiger charge is -2.31. The highest BCUT2D eigenvalue weighted by atomic mass is 35.5. The number of carbonyl (C=O) groups excluding carboxylic acids is 1. The minimum absolute atomic E-state index is 0. The summed E-state index contributed by atoms with van der Waals surface area (Å²) in [4.78, 5) is 14.7. The van der Waals surface area contributed by atoms with Crippen LogP contribution < -0.4 is 10.6 Å². The summed E-state index contributed by atoms with van der Waals surface area (Å²) in [6, 6.07) is 10.2. The van der Waals surface area contributed by atoms with Crippen LogP contribution in [0.4, 0.5) is 5.82 Å². The van der Waals surface area contributed by atoms with Crippen LogP contribution >= 0.6 is 24.8 Å². The topological polar surface area (TPSA) is 62.2 Å². The van der Waals surface area contributed by atoms with Gasteiger partial charge in [0.1, 0.15) is 5.82 Å². The maximum atomic E-state index is 12.5. The summed E-state index contributed by atoms with van der Waals surface area (Å²) in [5, 5.41) is 10.6. The molecule has 6 nitrogen and oxygen atoms in total. The Morgan fingerprint density at radius 3 is 2.66 bits per heavy atom. The van der Waals surface area contributed by atoms with Crippen LogP contribution in [0.25, 0.3) is 0 Å². The molecule has 0 atom stereocenters. The normalized spacial score (nSPS) is 14.7. The lowest BCUT2D eigenvalue weighted by molar-refractivity contribution is -0.117. The summed E-state index contributed by atoms with van der Waals surface area (Å²) in [6.07, 6.45) is 5.33. The largest absolute Gasteiger partial charge is 0.320 e. The van der Waals surface area contributed by atoms with Crippen molar-refractivity contribution in [1.82, 2.24) is 20.0 Å². The SMILES string of the molecule is CNCCC1CCN(CC(=O)Nc2ccnn2Cc2cccc(C)c2)CC1.Cl.Cl. The second-order valence-electron chi connectivity index (χ2n) is 7.52. The van der Waals surface area contributed by atoms with E-state index < -0.39 is 0 Å². The first-order valence-electron chi connectivity index (χ1n) is 9.88. The van der Waals surface area contributed by atoms with Crippen LogP contribution in [0.15, 0.2) is 36.5 Å². The van der Waals surface area contributed by atoms with Gasteiger partial charge in [0.15, 0.2) is 0 Å². The van der Waals surface area contributed by atoms with Crippen molar-refractivity contribution in [2.45, 2.75) is 32.7 Å². The van der Waals surface area contributed by atoms with Crippen molar-refractivity contribution in [3.8, 4) is 0 Å². The highest BCUT2D eigenvalue weighted by molar-refractivity contribution is 5.91. The lowest BCUT2D eigenvalue weighted by atomic mass is 9.93.